The minimum Gasteiger partial charge on any atom is -0.338 e. The molecule has 10 heteroatoms. The SMILES string of the molecule is O=C(NCCCN1C(=O)c2ccc([N+](=O)[O-])cc2C1=O)NCc1cccc(Br)c1. The van der Waals surface area contributed by atoms with Gasteiger partial charge in [-0.1, -0.05) is 28.1 Å². The van der Waals surface area contributed by atoms with Crippen molar-refractivity contribution < 1.29 is 19.3 Å². The van der Waals surface area contributed by atoms with Crippen molar-refractivity contribution in [2.75, 3.05) is 13.1 Å². The average Bonchev–Trinajstić information content (AvgIpc) is 2.93. The van der Waals surface area contributed by atoms with Gasteiger partial charge in [0.2, 0.25) is 0 Å². The Balaban J connectivity index is 1.46. The number of amides is 4. The molecule has 0 unspecified atom stereocenters. The van der Waals surface area contributed by atoms with E-state index in [0.717, 1.165) is 21.0 Å². The van der Waals surface area contributed by atoms with E-state index in [1.54, 1.807) is 0 Å². The first-order valence-corrected chi connectivity index (χ1v) is 9.57. The van der Waals surface area contributed by atoms with Crippen LogP contribution in [0.2, 0.25) is 0 Å². The van der Waals surface area contributed by atoms with Crippen LogP contribution < -0.4 is 10.6 Å². The molecule has 1 aliphatic rings. The second kappa shape index (κ2) is 8.82. The van der Waals surface area contributed by atoms with E-state index < -0.39 is 16.7 Å². The number of nitrogens with one attached hydrogen (secondary N) is 2. The summed E-state index contributed by atoms with van der Waals surface area (Å²) in [4.78, 5) is 47.8. The molecular formula is C19H17BrN4O5. The van der Waals surface area contributed by atoms with Crippen molar-refractivity contribution in [1.82, 2.24) is 15.5 Å². The van der Waals surface area contributed by atoms with Crippen LogP contribution in [0.15, 0.2) is 46.9 Å². The zero-order valence-corrected chi connectivity index (χ0v) is 16.8. The van der Waals surface area contributed by atoms with E-state index >= 15 is 0 Å². The highest BCUT2D eigenvalue weighted by Gasteiger charge is 2.36. The van der Waals surface area contributed by atoms with Crippen LogP contribution in [0.4, 0.5) is 10.5 Å². The third-order valence-electron chi connectivity index (χ3n) is 4.35. The third kappa shape index (κ3) is 4.77. The second-order valence-corrected chi connectivity index (χ2v) is 7.26. The van der Waals surface area contributed by atoms with Gasteiger partial charge in [-0.25, -0.2) is 4.79 Å². The van der Waals surface area contributed by atoms with Gasteiger partial charge in [0.1, 0.15) is 0 Å². The molecule has 2 aromatic rings. The molecule has 4 amide bonds. The van der Waals surface area contributed by atoms with Crippen LogP contribution in [-0.2, 0) is 6.54 Å². The van der Waals surface area contributed by atoms with Gasteiger partial charge in [0.15, 0.2) is 0 Å². The molecule has 150 valence electrons. The largest absolute Gasteiger partial charge is 0.338 e. The number of imide groups is 1. The van der Waals surface area contributed by atoms with Gasteiger partial charge in [0.25, 0.3) is 17.5 Å². The molecule has 29 heavy (non-hydrogen) atoms. The van der Waals surface area contributed by atoms with E-state index in [0.29, 0.717) is 13.0 Å². The first-order valence-electron chi connectivity index (χ1n) is 8.77. The molecule has 0 aliphatic carbocycles. The predicted octanol–water partition coefficient (Wildman–Crippen LogP) is 2.84. The van der Waals surface area contributed by atoms with Gasteiger partial charge in [-0.3, -0.25) is 24.6 Å². The normalized spacial score (nSPS) is 12.7. The van der Waals surface area contributed by atoms with Crippen LogP contribution in [0.5, 0.6) is 0 Å². The molecule has 0 fully saturated rings. The van der Waals surface area contributed by atoms with Gasteiger partial charge in [0.05, 0.1) is 16.1 Å². The van der Waals surface area contributed by atoms with Gasteiger partial charge < -0.3 is 10.6 Å². The maximum atomic E-state index is 12.4. The Morgan fingerprint density at radius 1 is 1.07 bits per heavy atom. The van der Waals surface area contributed by atoms with Crippen LogP contribution in [-0.4, -0.2) is 40.8 Å². The van der Waals surface area contributed by atoms with Crippen LogP contribution in [0.3, 0.4) is 0 Å². The summed E-state index contributed by atoms with van der Waals surface area (Å²) in [5, 5.41) is 16.2. The molecule has 9 nitrogen and oxygen atoms in total. The summed E-state index contributed by atoms with van der Waals surface area (Å²) >= 11 is 3.36. The average molecular weight is 461 g/mol. The van der Waals surface area contributed by atoms with Crippen molar-refractivity contribution in [1.29, 1.82) is 0 Å². The summed E-state index contributed by atoms with van der Waals surface area (Å²) in [5.41, 5.74) is 0.884. The molecule has 3 rings (SSSR count). The molecule has 0 bridgehead atoms. The number of halogens is 1. The Bertz CT molecular complexity index is 994. The monoisotopic (exact) mass is 460 g/mol. The maximum absolute atomic E-state index is 12.4. The van der Waals surface area contributed by atoms with Crippen LogP contribution in [0, 0.1) is 10.1 Å². The molecule has 0 atom stereocenters. The highest BCUT2D eigenvalue weighted by Crippen LogP contribution is 2.26. The van der Waals surface area contributed by atoms with Crippen molar-refractivity contribution in [3.05, 3.63) is 73.7 Å². The number of nitro benzene ring substituents is 1. The van der Waals surface area contributed by atoms with Crippen LogP contribution in [0.1, 0.15) is 32.7 Å². The Morgan fingerprint density at radius 2 is 1.83 bits per heavy atom. The van der Waals surface area contributed by atoms with E-state index in [9.17, 15) is 24.5 Å². The Kier molecular flexibility index (Phi) is 6.23. The molecule has 1 aliphatic heterocycles. The summed E-state index contributed by atoms with van der Waals surface area (Å²) in [6.45, 7) is 0.729. The van der Waals surface area contributed by atoms with E-state index in [-0.39, 0.29) is 35.9 Å². The zero-order chi connectivity index (χ0) is 21.0. The standard InChI is InChI=1S/C19H17BrN4O5/c20-13-4-1-3-12(9-13)11-22-19(27)21-7-2-8-23-17(25)15-6-5-14(24(28)29)10-16(15)18(23)26/h1,3-6,9-10H,2,7-8,11H2,(H2,21,22,27). The van der Waals surface area contributed by atoms with E-state index in [2.05, 4.69) is 26.6 Å². The fraction of sp³-hybridized carbons (Fsp3) is 0.211. The summed E-state index contributed by atoms with van der Waals surface area (Å²) in [7, 11) is 0. The number of hydrogen-bond donors (Lipinski definition) is 2. The molecule has 0 aromatic heterocycles. The van der Waals surface area contributed by atoms with Crippen molar-refractivity contribution in [3.8, 4) is 0 Å². The van der Waals surface area contributed by atoms with Crippen LogP contribution in [0.25, 0.3) is 0 Å². The number of benzene rings is 2. The zero-order valence-electron chi connectivity index (χ0n) is 15.2. The number of fused-ring (bicyclic) bond motifs is 1. The van der Waals surface area contributed by atoms with Gasteiger partial charge in [-0.15, -0.1) is 0 Å². The first-order chi connectivity index (χ1) is 13.9. The molecule has 0 radical (unpaired) electrons. The van der Waals surface area contributed by atoms with Gasteiger partial charge >= 0.3 is 6.03 Å². The van der Waals surface area contributed by atoms with Crippen molar-refractivity contribution in [3.63, 3.8) is 0 Å². The van der Waals surface area contributed by atoms with Crippen molar-refractivity contribution in [2.45, 2.75) is 13.0 Å². The summed E-state index contributed by atoms with van der Waals surface area (Å²) in [5.74, 6) is -1.05. The highest BCUT2D eigenvalue weighted by atomic mass is 79.9. The Hall–Kier alpha value is -3.27. The molecule has 1 heterocycles. The van der Waals surface area contributed by atoms with Crippen LogP contribution >= 0.6 is 15.9 Å². The first kappa shape index (κ1) is 20.5. The number of nitro groups is 1. The lowest BCUT2D eigenvalue weighted by Crippen LogP contribution is -2.37. The fourth-order valence-electron chi connectivity index (χ4n) is 2.93. The van der Waals surface area contributed by atoms with Gasteiger partial charge in [-0.05, 0) is 30.2 Å². The molecule has 0 saturated carbocycles. The number of carbonyl (C=O) groups is 3. The lowest BCUT2D eigenvalue weighted by molar-refractivity contribution is -0.384. The van der Waals surface area contributed by atoms with Gasteiger partial charge in [0, 0.05) is 36.2 Å². The third-order valence-corrected chi connectivity index (χ3v) is 4.84. The predicted molar refractivity (Wildman–Crippen MR) is 107 cm³/mol. The smallest absolute Gasteiger partial charge is 0.315 e. The van der Waals surface area contributed by atoms with Gasteiger partial charge in [-0.2, -0.15) is 0 Å². The lowest BCUT2D eigenvalue weighted by Gasteiger charge is -2.14. The van der Waals surface area contributed by atoms with E-state index in [1.807, 2.05) is 24.3 Å². The molecule has 0 spiro atoms. The Morgan fingerprint density at radius 3 is 2.55 bits per heavy atom. The summed E-state index contributed by atoms with van der Waals surface area (Å²) < 4.78 is 0.920. The van der Waals surface area contributed by atoms with E-state index in [1.165, 1.54) is 12.1 Å². The molecular weight excluding hydrogens is 444 g/mol. The number of carbonyl (C=O) groups excluding carboxylic acids is 3. The summed E-state index contributed by atoms with van der Waals surface area (Å²) in [6, 6.07) is 10.8. The maximum Gasteiger partial charge on any atom is 0.315 e. The number of rotatable bonds is 7. The molecule has 2 N–H and O–H groups in total. The molecule has 2 aromatic carbocycles. The number of urea groups is 1. The minimum absolute atomic E-state index is 0.0314. The number of nitrogens with zero attached hydrogens (tertiary/aromatic N) is 2. The quantitative estimate of drug-likeness (QED) is 0.284. The lowest BCUT2D eigenvalue weighted by atomic mass is 10.1. The second-order valence-electron chi connectivity index (χ2n) is 6.34. The van der Waals surface area contributed by atoms with E-state index in [4.69, 9.17) is 0 Å². The molecule has 0 saturated heterocycles. The van der Waals surface area contributed by atoms with Crippen molar-refractivity contribution in [2.24, 2.45) is 0 Å². The number of non-ortho nitro benzene ring substituents is 1. The highest BCUT2D eigenvalue weighted by molar-refractivity contribution is 9.10. The minimum atomic E-state index is -0.614. The topological polar surface area (TPSA) is 122 Å². The summed E-state index contributed by atoms with van der Waals surface area (Å²) in [6.07, 6.45) is 0.359. The number of hydrogen-bond acceptors (Lipinski definition) is 5. The Labute approximate surface area is 174 Å². The fourth-order valence-corrected chi connectivity index (χ4v) is 3.37. The van der Waals surface area contributed by atoms with Crippen molar-refractivity contribution >= 4 is 39.5 Å².